The zero-order valence-corrected chi connectivity index (χ0v) is 13.4. The van der Waals surface area contributed by atoms with Crippen molar-refractivity contribution < 1.29 is 0 Å². The number of benzene rings is 2. The average Bonchev–Trinajstić information content (AvgIpc) is 2.83. The maximum atomic E-state index is 3.50. The first-order chi connectivity index (χ1) is 10.1. The summed E-state index contributed by atoms with van der Waals surface area (Å²) in [5.74, 6) is 0. The molecule has 1 aliphatic heterocycles. The Balaban J connectivity index is 1.78. The molecular formula is C19H26N2. The van der Waals surface area contributed by atoms with E-state index in [1.165, 1.54) is 35.8 Å². The van der Waals surface area contributed by atoms with Crippen LogP contribution in [0.4, 0.5) is 0 Å². The lowest BCUT2D eigenvalue weighted by molar-refractivity contribution is 0.265. The van der Waals surface area contributed by atoms with Gasteiger partial charge in [-0.1, -0.05) is 50.2 Å². The number of nitrogens with zero attached hydrogens (tertiary/aromatic N) is 1. The van der Waals surface area contributed by atoms with Gasteiger partial charge in [-0.05, 0) is 47.8 Å². The Morgan fingerprint density at radius 2 is 1.90 bits per heavy atom. The highest BCUT2D eigenvalue weighted by Gasteiger charge is 2.30. The highest BCUT2D eigenvalue weighted by atomic mass is 15.2. The number of likely N-dealkylation sites (tertiary alicyclic amines) is 1. The molecule has 3 rings (SSSR count). The van der Waals surface area contributed by atoms with Gasteiger partial charge >= 0.3 is 0 Å². The van der Waals surface area contributed by atoms with Crippen LogP contribution in [0.1, 0.15) is 31.9 Å². The fourth-order valence-corrected chi connectivity index (χ4v) is 3.43. The first kappa shape index (κ1) is 14.6. The molecule has 1 aliphatic rings. The van der Waals surface area contributed by atoms with E-state index in [-0.39, 0.29) is 0 Å². The zero-order chi connectivity index (χ0) is 14.9. The van der Waals surface area contributed by atoms with E-state index in [4.69, 9.17) is 0 Å². The number of fused-ring (bicyclic) bond motifs is 1. The molecule has 2 heteroatoms. The molecule has 2 nitrogen and oxygen atoms in total. The number of rotatable bonds is 4. The molecule has 1 N–H and O–H groups in total. The molecule has 1 atom stereocenters. The first-order valence-corrected chi connectivity index (χ1v) is 7.96. The fourth-order valence-electron chi connectivity index (χ4n) is 3.43. The largest absolute Gasteiger partial charge is 0.312 e. The van der Waals surface area contributed by atoms with Crippen LogP contribution in [0.3, 0.4) is 0 Å². The Kier molecular flexibility index (Phi) is 4.01. The van der Waals surface area contributed by atoms with Gasteiger partial charge in [0.1, 0.15) is 0 Å². The van der Waals surface area contributed by atoms with Crippen molar-refractivity contribution >= 4 is 10.8 Å². The van der Waals surface area contributed by atoms with E-state index in [0.29, 0.717) is 11.5 Å². The molecule has 0 amide bonds. The summed E-state index contributed by atoms with van der Waals surface area (Å²) in [6, 6.07) is 15.8. The molecule has 2 aromatic carbocycles. The van der Waals surface area contributed by atoms with Crippen LogP contribution < -0.4 is 5.32 Å². The van der Waals surface area contributed by atoms with Gasteiger partial charge in [0.25, 0.3) is 0 Å². The summed E-state index contributed by atoms with van der Waals surface area (Å²) in [7, 11) is 2.07. The zero-order valence-electron chi connectivity index (χ0n) is 13.4. The lowest BCUT2D eigenvalue weighted by Gasteiger charge is -2.25. The van der Waals surface area contributed by atoms with Crippen LogP contribution in [0.15, 0.2) is 42.5 Å². The monoisotopic (exact) mass is 282 g/mol. The molecule has 1 unspecified atom stereocenters. The van der Waals surface area contributed by atoms with Gasteiger partial charge in [-0.15, -0.1) is 0 Å². The highest BCUT2D eigenvalue weighted by molar-refractivity contribution is 5.83. The summed E-state index contributed by atoms with van der Waals surface area (Å²) in [4.78, 5) is 2.59. The van der Waals surface area contributed by atoms with Gasteiger partial charge in [0, 0.05) is 19.1 Å². The normalized spacial score (nSPS) is 20.0. The number of hydrogen-bond acceptors (Lipinski definition) is 2. The minimum absolute atomic E-state index is 0.406. The second-order valence-electron chi connectivity index (χ2n) is 7.10. The van der Waals surface area contributed by atoms with E-state index in [9.17, 15) is 0 Å². The standard InChI is InChI=1S/C19H26N2/c1-19(2)10-11-21(14-19)13-18(20-3)17-9-8-15-6-4-5-7-16(15)12-17/h4-9,12,18,20H,10-11,13-14H2,1-3H3. The second kappa shape index (κ2) is 5.78. The van der Waals surface area contributed by atoms with Crippen LogP contribution in [0.5, 0.6) is 0 Å². The van der Waals surface area contributed by atoms with E-state index in [1.54, 1.807) is 0 Å². The number of hydrogen-bond donors (Lipinski definition) is 1. The van der Waals surface area contributed by atoms with Crippen molar-refractivity contribution in [3.8, 4) is 0 Å². The van der Waals surface area contributed by atoms with Crippen LogP contribution in [0.25, 0.3) is 10.8 Å². The van der Waals surface area contributed by atoms with Crippen LogP contribution in [-0.2, 0) is 0 Å². The molecule has 1 heterocycles. The Bertz CT molecular complexity index is 618. The molecule has 1 saturated heterocycles. The Morgan fingerprint density at radius 1 is 1.14 bits per heavy atom. The summed E-state index contributed by atoms with van der Waals surface area (Å²) >= 11 is 0. The first-order valence-electron chi connectivity index (χ1n) is 7.96. The smallest absolute Gasteiger partial charge is 0.0447 e. The molecule has 21 heavy (non-hydrogen) atoms. The van der Waals surface area contributed by atoms with Gasteiger partial charge in [0.15, 0.2) is 0 Å². The van der Waals surface area contributed by atoms with Crippen molar-refractivity contribution in [1.82, 2.24) is 10.2 Å². The lowest BCUT2D eigenvalue weighted by atomic mass is 9.93. The highest BCUT2D eigenvalue weighted by Crippen LogP contribution is 2.30. The molecule has 112 valence electrons. The molecule has 0 spiro atoms. The van der Waals surface area contributed by atoms with E-state index in [0.717, 1.165) is 6.54 Å². The third-order valence-corrected chi connectivity index (χ3v) is 4.72. The van der Waals surface area contributed by atoms with Crippen LogP contribution in [0, 0.1) is 5.41 Å². The lowest BCUT2D eigenvalue weighted by Crippen LogP contribution is -2.33. The summed E-state index contributed by atoms with van der Waals surface area (Å²) in [6.45, 7) is 8.27. The summed E-state index contributed by atoms with van der Waals surface area (Å²) in [6.07, 6.45) is 1.31. The van der Waals surface area contributed by atoms with Crippen molar-refractivity contribution in [2.45, 2.75) is 26.3 Å². The molecule has 0 radical (unpaired) electrons. The van der Waals surface area contributed by atoms with E-state index < -0.39 is 0 Å². The van der Waals surface area contributed by atoms with Gasteiger partial charge < -0.3 is 10.2 Å². The van der Waals surface area contributed by atoms with Gasteiger partial charge in [-0.3, -0.25) is 0 Å². The van der Waals surface area contributed by atoms with E-state index >= 15 is 0 Å². The Labute approximate surface area is 128 Å². The Hall–Kier alpha value is -1.38. The van der Waals surface area contributed by atoms with E-state index in [1.807, 2.05) is 0 Å². The number of nitrogens with one attached hydrogen (secondary N) is 1. The van der Waals surface area contributed by atoms with Crippen molar-refractivity contribution in [2.24, 2.45) is 5.41 Å². The minimum atomic E-state index is 0.406. The summed E-state index contributed by atoms with van der Waals surface area (Å²) in [5, 5.41) is 6.14. The SMILES string of the molecule is CNC(CN1CCC(C)(C)C1)c1ccc2ccccc2c1. The minimum Gasteiger partial charge on any atom is -0.312 e. The van der Waals surface area contributed by atoms with Crippen molar-refractivity contribution in [2.75, 3.05) is 26.7 Å². The molecule has 0 bridgehead atoms. The molecule has 0 saturated carbocycles. The van der Waals surface area contributed by atoms with Gasteiger partial charge in [-0.2, -0.15) is 0 Å². The van der Waals surface area contributed by atoms with Gasteiger partial charge in [0.05, 0.1) is 0 Å². The quantitative estimate of drug-likeness (QED) is 0.917. The van der Waals surface area contributed by atoms with Crippen LogP contribution >= 0.6 is 0 Å². The van der Waals surface area contributed by atoms with Crippen molar-refractivity contribution in [3.05, 3.63) is 48.0 Å². The Morgan fingerprint density at radius 3 is 2.57 bits per heavy atom. The number of likely N-dealkylation sites (N-methyl/N-ethyl adjacent to an activating group) is 1. The molecule has 0 aromatic heterocycles. The molecule has 0 aliphatic carbocycles. The molecule has 2 aromatic rings. The predicted molar refractivity (Wildman–Crippen MR) is 90.6 cm³/mol. The topological polar surface area (TPSA) is 15.3 Å². The van der Waals surface area contributed by atoms with E-state index in [2.05, 4.69) is 73.6 Å². The summed E-state index contributed by atoms with van der Waals surface area (Å²) in [5.41, 5.74) is 1.86. The third kappa shape index (κ3) is 3.28. The maximum absolute atomic E-state index is 3.50. The second-order valence-corrected chi connectivity index (χ2v) is 7.10. The third-order valence-electron chi connectivity index (χ3n) is 4.72. The molecular weight excluding hydrogens is 256 g/mol. The molecule has 1 fully saturated rings. The van der Waals surface area contributed by atoms with Crippen LogP contribution in [-0.4, -0.2) is 31.6 Å². The van der Waals surface area contributed by atoms with Gasteiger partial charge in [0.2, 0.25) is 0 Å². The maximum Gasteiger partial charge on any atom is 0.0447 e. The average molecular weight is 282 g/mol. The fraction of sp³-hybridized carbons (Fsp3) is 0.474. The van der Waals surface area contributed by atoms with Crippen molar-refractivity contribution in [1.29, 1.82) is 0 Å². The van der Waals surface area contributed by atoms with Crippen molar-refractivity contribution in [3.63, 3.8) is 0 Å². The summed E-state index contributed by atoms with van der Waals surface area (Å²) < 4.78 is 0. The van der Waals surface area contributed by atoms with Crippen LogP contribution in [0.2, 0.25) is 0 Å². The predicted octanol–water partition coefficient (Wildman–Crippen LogP) is 3.83. The van der Waals surface area contributed by atoms with Gasteiger partial charge in [-0.25, -0.2) is 0 Å².